The van der Waals surface area contributed by atoms with Crippen molar-refractivity contribution in [3.8, 4) is 11.8 Å². The summed E-state index contributed by atoms with van der Waals surface area (Å²) in [6.45, 7) is 1.96. The van der Waals surface area contributed by atoms with Gasteiger partial charge in [-0.1, -0.05) is 12.0 Å². The van der Waals surface area contributed by atoms with Crippen molar-refractivity contribution in [1.29, 1.82) is 0 Å². The summed E-state index contributed by atoms with van der Waals surface area (Å²) in [4.78, 5) is 5.79. The van der Waals surface area contributed by atoms with Crippen molar-refractivity contribution in [3.63, 3.8) is 0 Å². The largest absolute Gasteiger partial charge is 0.372 e. The number of nitrogens with zero attached hydrogens (tertiary/aromatic N) is 2. The molecule has 0 aliphatic heterocycles. The zero-order valence-electron chi connectivity index (χ0n) is 13.3. The summed E-state index contributed by atoms with van der Waals surface area (Å²) in [5, 5.41) is 3.09. The minimum absolute atomic E-state index is 0.359. The molecule has 0 heterocycles. The summed E-state index contributed by atoms with van der Waals surface area (Å²) < 4.78 is 12.3. The van der Waals surface area contributed by atoms with Crippen LogP contribution in [0, 0.1) is 11.8 Å². The van der Waals surface area contributed by atoms with Gasteiger partial charge >= 0.3 is 0 Å². The topological polar surface area (TPSA) is 27.6 Å². The predicted molar refractivity (Wildman–Crippen MR) is 93.0 cm³/mol. The summed E-state index contributed by atoms with van der Waals surface area (Å²) in [6, 6.07) is 7.74. The smallest absolute Gasteiger partial charge is 0.107 e. The predicted octanol–water partition coefficient (Wildman–Crippen LogP) is 3.15. The number of hydrogen-bond acceptors (Lipinski definition) is 3. The first-order valence-corrected chi connectivity index (χ1v) is 7.10. The monoisotopic (exact) mass is 299 g/mol. The van der Waals surface area contributed by atoms with E-state index in [9.17, 15) is 4.39 Å². The van der Waals surface area contributed by atoms with E-state index in [1.165, 1.54) is 0 Å². The Morgan fingerprint density at radius 1 is 1.36 bits per heavy atom. The van der Waals surface area contributed by atoms with E-state index in [0.29, 0.717) is 6.54 Å². The Kier molecular flexibility index (Phi) is 8.14. The first kappa shape index (κ1) is 17.5. The van der Waals surface area contributed by atoms with E-state index in [1.807, 2.05) is 61.5 Å². The number of anilines is 1. The van der Waals surface area contributed by atoms with E-state index in [2.05, 4.69) is 22.2 Å². The van der Waals surface area contributed by atoms with E-state index >= 15 is 0 Å². The highest BCUT2D eigenvalue weighted by Crippen LogP contribution is 2.13. The van der Waals surface area contributed by atoms with Crippen LogP contribution in [0.15, 0.2) is 53.3 Å². The molecule has 0 fully saturated rings. The van der Waals surface area contributed by atoms with E-state index in [4.69, 9.17) is 0 Å². The maximum atomic E-state index is 12.3. The van der Waals surface area contributed by atoms with Gasteiger partial charge in [0, 0.05) is 38.1 Å². The fraction of sp³-hybridized carbons (Fsp3) is 0.278. The molecular weight excluding hydrogens is 277 g/mol. The molecule has 116 valence electrons. The standard InChI is InChI=1S/C18H22FN3/c1-4-13-21-17(11-14-20-2)8-5-16-6-9-18(10-7-16)22(3)15-12-19/h4,6-7,9-11,13-14,21H,12,15H2,1-3H3/b13-4+,17-11-,20-14?. The minimum Gasteiger partial charge on any atom is -0.372 e. The summed E-state index contributed by atoms with van der Waals surface area (Å²) in [6.07, 6.45) is 7.22. The number of aliphatic imine (C=N–C) groups is 1. The molecule has 0 aliphatic carbocycles. The molecule has 0 saturated carbocycles. The molecule has 0 atom stereocenters. The fourth-order valence-electron chi connectivity index (χ4n) is 1.64. The third kappa shape index (κ3) is 6.27. The normalized spacial score (nSPS) is 11.5. The molecule has 0 bridgehead atoms. The van der Waals surface area contributed by atoms with Gasteiger partial charge in [0.05, 0.1) is 5.70 Å². The summed E-state index contributed by atoms with van der Waals surface area (Å²) in [5.41, 5.74) is 2.64. The second kappa shape index (κ2) is 10.2. The maximum absolute atomic E-state index is 12.3. The van der Waals surface area contributed by atoms with E-state index in [0.717, 1.165) is 16.9 Å². The van der Waals surface area contributed by atoms with Crippen molar-refractivity contribution in [2.24, 2.45) is 4.99 Å². The molecule has 0 aromatic heterocycles. The fourth-order valence-corrected chi connectivity index (χ4v) is 1.64. The van der Waals surface area contributed by atoms with Crippen LogP contribution in [0.25, 0.3) is 0 Å². The van der Waals surface area contributed by atoms with Crippen LogP contribution in [0.3, 0.4) is 0 Å². The van der Waals surface area contributed by atoms with Crippen molar-refractivity contribution in [3.05, 3.63) is 53.9 Å². The van der Waals surface area contributed by atoms with Gasteiger partial charge in [0.2, 0.25) is 0 Å². The van der Waals surface area contributed by atoms with Gasteiger partial charge in [-0.05, 0) is 49.4 Å². The number of allylic oxidation sites excluding steroid dienone is 3. The number of nitrogens with one attached hydrogen (secondary N) is 1. The zero-order valence-corrected chi connectivity index (χ0v) is 13.3. The number of hydrogen-bond donors (Lipinski definition) is 1. The van der Waals surface area contributed by atoms with Crippen LogP contribution >= 0.6 is 0 Å². The van der Waals surface area contributed by atoms with Gasteiger partial charge in [-0.3, -0.25) is 4.99 Å². The van der Waals surface area contributed by atoms with Crippen LogP contribution in [0.2, 0.25) is 0 Å². The minimum atomic E-state index is -0.359. The number of alkyl halides is 1. The Bertz CT molecular complexity index is 589. The van der Waals surface area contributed by atoms with Gasteiger partial charge in [-0.25, -0.2) is 4.39 Å². The van der Waals surface area contributed by atoms with Gasteiger partial charge in [-0.15, -0.1) is 0 Å². The zero-order chi connectivity index (χ0) is 16.2. The molecule has 0 spiro atoms. The molecule has 3 nitrogen and oxygen atoms in total. The van der Waals surface area contributed by atoms with Crippen LogP contribution in [0.5, 0.6) is 0 Å². The molecule has 0 radical (unpaired) electrons. The summed E-state index contributed by atoms with van der Waals surface area (Å²) >= 11 is 0. The van der Waals surface area contributed by atoms with Crippen molar-refractivity contribution in [2.75, 3.05) is 32.2 Å². The second-order valence-corrected chi connectivity index (χ2v) is 4.54. The average Bonchev–Trinajstić information content (AvgIpc) is 2.55. The molecule has 1 rings (SSSR count). The Morgan fingerprint density at radius 2 is 2.09 bits per heavy atom. The molecule has 1 aromatic rings. The third-order valence-electron chi connectivity index (χ3n) is 2.87. The number of halogens is 1. The van der Waals surface area contributed by atoms with Crippen molar-refractivity contribution in [1.82, 2.24) is 5.32 Å². The lowest BCUT2D eigenvalue weighted by atomic mass is 10.2. The van der Waals surface area contributed by atoms with Crippen molar-refractivity contribution < 1.29 is 4.39 Å². The van der Waals surface area contributed by atoms with Crippen molar-refractivity contribution >= 4 is 11.9 Å². The average molecular weight is 299 g/mol. The molecule has 0 saturated heterocycles. The van der Waals surface area contributed by atoms with Crippen LogP contribution in [-0.4, -0.2) is 33.5 Å². The highest BCUT2D eigenvalue weighted by atomic mass is 19.1. The lowest BCUT2D eigenvalue weighted by molar-refractivity contribution is 0.497. The Hall–Kier alpha value is -2.54. The van der Waals surface area contributed by atoms with Gasteiger partial charge in [-0.2, -0.15) is 0 Å². The number of rotatable bonds is 6. The first-order valence-electron chi connectivity index (χ1n) is 7.10. The van der Waals surface area contributed by atoms with Gasteiger partial charge in [0.1, 0.15) is 6.67 Å². The molecule has 4 heteroatoms. The summed E-state index contributed by atoms with van der Waals surface area (Å²) in [5.74, 6) is 6.16. The molecule has 22 heavy (non-hydrogen) atoms. The molecular formula is C18H22FN3. The van der Waals surface area contributed by atoms with Gasteiger partial charge in [0.25, 0.3) is 0 Å². The second-order valence-electron chi connectivity index (χ2n) is 4.54. The molecule has 0 aliphatic rings. The molecule has 0 amide bonds. The van der Waals surface area contributed by atoms with Crippen LogP contribution in [0.1, 0.15) is 12.5 Å². The van der Waals surface area contributed by atoms with Crippen LogP contribution in [0.4, 0.5) is 10.1 Å². The van der Waals surface area contributed by atoms with Crippen LogP contribution in [-0.2, 0) is 0 Å². The lowest BCUT2D eigenvalue weighted by Gasteiger charge is -2.17. The molecule has 1 aromatic carbocycles. The van der Waals surface area contributed by atoms with Crippen LogP contribution < -0.4 is 10.2 Å². The molecule has 1 N–H and O–H groups in total. The number of benzene rings is 1. The highest BCUT2D eigenvalue weighted by molar-refractivity contribution is 5.73. The van der Waals surface area contributed by atoms with E-state index in [1.54, 1.807) is 13.3 Å². The van der Waals surface area contributed by atoms with Gasteiger partial charge < -0.3 is 10.2 Å². The SMILES string of the molecule is C/C=C/N/C(C#Cc1ccc(N(C)CCF)cc1)=C\C=NC. The molecule has 0 unspecified atom stereocenters. The van der Waals surface area contributed by atoms with Crippen molar-refractivity contribution in [2.45, 2.75) is 6.92 Å². The van der Waals surface area contributed by atoms with Gasteiger partial charge in [0.15, 0.2) is 0 Å². The lowest BCUT2D eigenvalue weighted by Crippen LogP contribution is -2.19. The maximum Gasteiger partial charge on any atom is 0.107 e. The summed E-state index contributed by atoms with van der Waals surface area (Å²) in [7, 11) is 3.58. The Labute approximate surface area is 132 Å². The highest BCUT2D eigenvalue weighted by Gasteiger charge is 1.99. The third-order valence-corrected chi connectivity index (χ3v) is 2.87. The first-order chi connectivity index (χ1) is 10.7. The quantitative estimate of drug-likeness (QED) is 0.645. The Balaban J connectivity index is 2.84. The Morgan fingerprint density at radius 3 is 2.68 bits per heavy atom. The van der Waals surface area contributed by atoms with E-state index in [-0.39, 0.29) is 6.67 Å². The van der Waals surface area contributed by atoms with E-state index < -0.39 is 0 Å².